The number of anilines is 1. The van der Waals surface area contributed by atoms with Crippen LogP contribution in [0.2, 0.25) is 0 Å². The molecule has 162 valence electrons. The molecule has 1 saturated heterocycles. The smallest absolute Gasteiger partial charge is 0.504 e. The van der Waals surface area contributed by atoms with Crippen molar-refractivity contribution >= 4 is 27.5 Å². The van der Waals surface area contributed by atoms with E-state index in [1.54, 1.807) is 25.5 Å². The molecule has 0 atom stereocenters. The van der Waals surface area contributed by atoms with Gasteiger partial charge in [0.05, 0.1) is 11.1 Å². The van der Waals surface area contributed by atoms with Crippen molar-refractivity contribution in [1.82, 2.24) is 19.7 Å². The Morgan fingerprint density at radius 3 is 2.44 bits per heavy atom. The number of rotatable bonds is 2. The molecule has 0 amide bonds. The van der Waals surface area contributed by atoms with Crippen molar-refractivity contribution in [2.45, 2.75) is 33.6 Å². The Hall–Kier alpha value is -2.22. The van der Waals surface area contributed by atoms with E-state index in [-0.39, 0.29) is 40.6 Å². The first-order chi connectivity index (χ1) is 14.8. The number of phenolic OH excluding ortho intramolecular Hbond substituents is 1. The van der Waals surface area contributed by atoms with Gasteiger partial charge in [-0.15, -0.1) is 0 Å². The molecule has 5 rings (SSSR count). The van der Waals surface area contributed by atoms with Gasteiger partial charge in [0, 0.05) is 49.0 Å². The third kappa shape index (κ3) is 5.05. The van der Waals surface area contributed by atoms with Gasteiger partial charge in [-0.2, -0.15) is 25.9 Å². The van der Waals surface area contributed by atoms with E-state index < -0.39 is 11.6 Å². The number of aryl methyl sites for hydroxylation is 1. The second-order valence-electron chi connectivity index (χ2n) is 8.46. The zero-order valence-corrected chi connectivity index (χ0v) is 21.4. The third-order valence-corrected chi connectivity index (χ3v) is 5.10. The van der Waals surface area contributed by atoms with Gasteiger partial charge in [0.2, 0.25) is 0 Å². The second kappa shape index (κ2) is 10.1. The summed E-state index contributed by atoms with van der Waals surface area (Å²) in [6.45, 7) is 8.39. The van der Waals surface area contributed by atoms with E-state index in [9.17, 15) is 9.50 Å². The van der Waals surface area contributed by atoms with Gasteiger partial charge in [0.1, 0.15) is 5.52 Å². The molecule has 1 aliphatic heterocycles. The molecule has 6 nitrogen and oxygen atoms in total. The fourth-order valence-corrected chi connectivity index (χ4v) is 3.73. The van der Waals surface area contributed by atoms with E-state index >= 15 is 0 Å². The summed E-state index contributed by atoms with van der Waals surface area (Å²) in [6, 6.07) is 7.75. The van der Waals surface area contributed by atoms with Crippen molar-refractivity contribution < 1.29 is 39.1 Å². The second-order valence-corrected chi connectivity index (χ2v) is 8.46. The average Bonchev–Trinajstić information content (AvgIpc) is 3.39. The number of benzene rings is 2. The Bertz CT molecular complexity index is 1230. The normalized spacial score (nSPS) is 13.4. The molecule has 2 aromatic carbocycles. The largest absolute Gasteiger partial charge is 1.00 e. The zero-order valence-electron chi connectivity index (χ0n) is 19.4. The molecule has 0 saturated carbocycles. The molecule has 1 fully saturated rings. The van der Waals surface area contributed by atoms with Crippen LogP contribution in [0.4, 0.5) is 10.1 Å². The fraction of sp³-hybridized carbons (Fsp3) is 0.333. The molecule has 2 aromatic heterocycles. The molecular formula is C24H27FN5NaO. The number of nitrogens with zero attached hydrogens (tertiary/aromatic N) is 5. The zero-order chi connectivity index (χ0) is 22.1. The van der Waals surface area contributed by atoms with Gasteiger partial charge in [-0.25, -0.2) is 14.4 Å². The maximum atomic E-state index is 14.5. The van der Waals surface area contributed by atoms with Gasteiger partial charge >= 0.3 is 29.6 Å². The summed E-state index contributed by atoms with van der Waals surface area (Å²) < 4.78 is 16.0. The first-order valence-corrected chi connectivity index (χ1v) is 10.5. The summed E-state index contributed by atoms with van der Waals surface area (Å²) in [6.07, 6.45) is 5.86. The Kier molecular flexibility index (Phi) is 7.75. The quantitative estimate of drug-likeness (QED) is 0.380. The third-order valence-electron chi connectivity index (χ3n) is 5.10. The van der Waals surface area contributed by atoms with E-state index in [0.717, 1.165) is 24.0 Å². The number of hydrogen-bond donors (Lipinski definition) is 1. The number of halogens is 1. The number of aromatic nitrogens is 4. The molecule has 4 aromatic rings. The number of aromatic hydroxyl groups is 1. The Morgan fingerprint density at radius 2 is 1.75 bits per heavy atom. The van der Waals surface area contributed by atoms with Gasteiger partial charge in [-0.1, -0.05) is 0 Å². The van der Waals surface area contributed by atoms with Crippen LogP contribution >= 0.6 is 0 Å². The van der Waals surface area contributed by atoms with Crippen LogP contribution in [0.25, 0.3) is 33.2 Å². The van der Waals surface area contributed by atoms with Crippen LogP contribution in [0.3, 0.4) is 0 Å². The van der Waals surface area contributed by atoms with Crippen LogP contribution in [0, 0.1) is 11.7 Å². The molecule has 8 heteroatoms. The van der Waals surface area contributed by atoms with E-state index in [1.165, 1.54) is 29.1 Å². The van der Waals surface area contributed by atoms with Crippen LogP contribution in [-0.2, 0) is 7.05 Å². The van der Waals surface area contributed by atoms with Gasteiger partial charge in [0.15, 0.2) is 17.4 Å². The molecule has 0 aliphatic carbocycles. The van der Waals surface area contributed by atoms with Crippen molar-refractivity contribution in [3.63, 3.8) is 0 Å². The summed E-state index contributed by atoms with van der Waals surface area (Å²) >= 11 is 0. The van der Waals surface area contributed by atoms with Crippen molar-refractivity contribution in [3.8, 4) is 17.1 Å². The minimum atomic E-state index is -0.754. The SMILES string of the molecule is C[C-](C)C.Cn1cc2cc(-c3ncc4cc(N5CCCC5)ccc4n3)c(O)c(F)c2n1.[Na+]. The van der Waals surface area contributed by atoms with Gasteiger partial charge in [-0.3, -0.25) is 4.68 Å². The van der Waals surface area contributed by atoms with Crippen molar-refractivity contribution in [3.05, 3.63) is 48.4 Å². The molecule has 1 aliphatic rings. The topological polar surface area (TPSA) is 67.1 Å². The molecule has 1 N–H and O–H groups in total. The Balaban J connectivity index is 0.000000536. The predicted molar refractivity (Wildman–Crippen MR) is 123 cm³/mol. The molecule has 3 heterocycles. The monoisotopic (exact) mass is 443 g/mol. The summed E-state index contributed by atoms with van der Waals surface area (Å²) in [4.78, 5) is 11.3. The summed E-state index contributed by atoms with van der Waals surface area (Å²) in [5.74, 6) is 0.476. The minimum absolute atomic E-state index is 0. The molecule has 0 unspecified atom stereocenters. The minimum Gasteiger partial charge on any atom is -0.504 e. The van der Waals surface area contributed by atoms with Crippen LogP contribution in [0.15, 0.2) is 36.7 Å². The molecule has 0 bridgehead atoms. The van der Waals surface area contributed by atoms with Crippen LogP contribution in [0.5, 0.6) is 5.75 Å². The van der Waals surface area contributed by atoms with Gasteiger partial charge in [0.25, 0.3) is 0 Å². The van der Waals surface area contributed by atoms with Crippen molar-refractivity contribution in [2.24, 2.45) is 7.05 Å². The van der Waals surface area contributed by atoms with Gasteiger partial charge in [-0.05, 0) is 37.1 Å². The fourth-order valence-electron chi connectivity index (χ4n) is 3.73. The van der Waals surface area contributed by atoms with Crippen molar-refractivity contribution in [2.75, 3.05) is 18.0 Å². The van der Waals surface area contributed by atoms with Gasteiger partial charge < -0.3 is 15.9 Å². The van der Waals surface area contributed by atoms with E-state index in [0.29, 0.717) is 11.2 Å². The maximum Gasteiger partial charge on any atom is 1.00 e. The Labute approximate surface area is 209 Å². The van der Waals surface area contributed by atoms with E-state index in [4.69, 9.17) is 0 Å². The number of fused-ring (bicyclic) bond motifs is 2. The van der Waals surface area contributed by atoms with Crippen molar-refractivity contribution in [1.29, 1.82) is 0 Å². The molecule has 0 radical (unpaired) electrons. The summed E-state index contributed by atoms with van der Waals surface area (Å²) in [5.41, 5.74) is 2.32. The first kappa shape index (κ1) is 24.4. The average molecular weight is 444 g/mol. The molecule has 0 spiro atoms. The first-order valence-electron chi connectivity index (χ1n) is 10.5. The van der Waals surface area contributed by atoms with Crippen LogP contribution < -0.4 is 34.5 Å². The molecule has 32 heavy (non-hydrogen) atoms. The summed E-state index contributed by atoms with van der Waals surface area (Å²) in [7, 11) is 1.71. The summed E-state index contributed by atoms with van der Waals surface area (Å²) in [5, 5.41) is 15.9. The van der Waals surface area contributed by atoms with Crippen LogP contribution in [-0.4, -0.2) is 37.9 Å². The number of phenols is 1. The van der Waals surface area contributed by atoms with E-state index in [1.807, 2.05) is 6.07 Å². The maximum absolute atomic E-state index is 14.5. The predicted octanol–water partition coefficient (Wildman–Crippen LogP) is 2.25. The standard InChI is InChI=1S/C20H18FN5O.C4H9.Na/c1-25-11-13-9-15(19(27)17(21)18(13)24-25)20-22-10-12-8-14(4-5-16(12)23-20)26-6-2-3-7-26;1-4(2)3;/h4-5,8-11,27H,2-3,6-7H2,1H3;1-3H3;/q;-1;+1. The number of hydrogen-bond acceptors (Lipinski definition) is 5. The van der Waals surface area contributed by atoms with E-state index in [2.05, 4.69) is 52.9 Å². The molecular weight excluding hydrogens is 416 g/mol. The van der Waals surface area contributed by atoms with Crippen LogP contribution in [0.1, 0.15) is 33.6 Å². The Morgan fingerprint density at radius 1 is 1.06 bits per heavy atom.